The predicted octanol–water partition coefficient (Wildman–Crippen LogP) is 2.83. The van der Waals surface area contributed by atoms with Gasteiger partial charge in [0.05, 0.1) is 13.2 Å². The van der Waals surface area contributed by atoms with E-state index in [2.05, 4.69) is 5.32 Å². The van der Waals surface area contributed by atoms with Crippen LogP contribution >= 0.6 is 0 Å². The summed E-state index contributed by atoms with van der Waals surface area (Å²) in [5, 5.41) is 2.97. The zero-order valence-electron chi connectivity index (χ0n) is 14.4. The van der Waals surface area contributed by atoms with Gasteiger partial charge < -0.3 is 19.7 Å². The number of rotatable bonds is 6. The molecular formula is C18H28N2O3. The van der Waals surface area contributed by atoms with Gasteiger partial charge in [0.25, 0.3) is 0 Å². The van der Waals surface area contributed by atoms with Crippen LogP contribution in [0.15, 0.2) is 24.3 Å². The first-order valence-corrected chi connectivity index (χ1v) is 8.33. The van der Waals surface area contributed by atoms with E-state index in [1.54, 1.807) is 7.11 Å². The normalized spacial score (nSPS) is 19.3. The third kappa shape index (κ3) is 5.75. The molecule has 1 fully saturated rings. The molecule has 1 aliphatic heterocycles. The topological polar surface area (TPSA) is 50.8 Å². The van der Waals surface area contributed by atoms with Crippen LogP contribution in [-0.2, 0) is 4.74 Å². The second kappa shape index (κ2) is 8.77. The van der Waals surface area contributed by atoms with Gasteiger partial charge in [-0.2, -0.15) is 0 Å². The number of aryl methyl sites for hydroxylation is 1. The van der Waals surface area contributed by atoms with Gasteiger partial charge in [-0.25, -0.2) is 4.79 Å². The van der Waals surface area contributed by atoms with Crippen LogP contribution in [0.2, 0.25) is 0 Å². The maximum Gasteiger partial charge on any atom is 0.317 e. The Balaban J connectivity index is 1.73. The van der Waals surface area contributed by atoms with Crippen molar-refractivity contribution >= 4 is 6.03 Å². The van der Waals surface area contributed by atoms with Crippen molar-refractivity contribution in [2.75, 3.05) is 33.4 Å². The molecule has 0 spiro atoms. The second-order valence-electron chi connectivity index (χ2n) is 6.34. The number of hydrogen-bond acceptors (Lipinski definition) is 3. The number of hydrogen-bond donors (Lipinski definition) is 1. The monoisotopic (exact) mass is 320 g/mol. The molecule has 0 bridgehead atoms. The highest BCUT2D eigenvalue weighted by Gasteiger charge is 2.23. The summed E-state index contributed by atoms with van der Waals surface area (Å²) >= 11 is 0. The van der Waals surface area contributed by atoms with Crippen LogP contribution < -0.4 is 10.1 Å². The van der Waals surface area contributed by atoms with E-state index in [9.17, 15) is 4.79 Å². The standard InChI is InChI=1S/C18H28N2O3/c1-14-6-8-17(9-7-14)23-15(2)11-19-18(21)20-10-4-5-16(12-20)13-22-3/h6-9,15-16H,4-5,10-13H2,1-3H3,(H,19,21)/t15-,16+/m0/s1. The average Bonchev–Trinajstić information content (AvgIpc) is 2.55. The first kappa shape index (κ1) is 17.6. The number of ether oxygens (including phenoxy) is 2. The average molecular weight is 320 g/mol. The Morgan fingerprint density at radius 1 is 1.39 bits per heavy atom. The van der Waals surface area contributed by atoms with Crippen molar-refractivity contribution in [1.29, 1.82) is 0 Å². The molecule has 5 nitrogen and oxygen atoms in total. The molecule has 0 aromatic heterocycles. The lowest BCUT2D eigenvalue weighted by Crippen LogP contribution is -2.48. The number of likely N-dealkylation sites (tertiary alicyclic amines) is 1. The van der Waals surface area contributed by atoms with Gasteiger partial charge in [-0.15, -0.1) is 0 Å². The van der Waals surface area contributed by atoms with Gasteiger partial charge in [-0.05, 0) is 38.8 Å². The van der Waals surface area contributed by atoms with Crippen LogP contribution in [0.4, 0.5) is 4.79 Å². The molecule has 0 saturated carbocycles. The molecule has 1 aromatic carbocycles. The van der Waals surface area contributed by atoms with Crippen molar-refractivity contribution in [2.45, 2.75) is 32.8 Å². The van der Waals surface area contributed by atoms with Crippen LogP contribution in [0.5, 0.6) is 5.75 Å². The Bertz CT molecular complexity index is 488. The lowest BCUT2D eigenvalue weighted by Gasteiger charge is -2.32. The molecule has 1 aromatic rings. The fraction of sp³-hybridized carbons (Fsp3) is 0.611. The van der Waals surface area contributed by atoms with E-state index in [4.69, 9.17) is 9.47 Å². The second-order valence-corrected chi connectivity index (χ2v) is 6.34. The van der Waals surface area contributed by atoms with Crippen molar-refractivity contribution in [3.05, 3.63) is 29.8 Å². The molecule has 1 saturated heterocycles. The number of carbonyl (C=O) groups is 1. The van der Waals surface area contributed by atoms with Gasteiger partial charge in [0, 0.05) is 26.1 Å². The molecule has 1 N–H and O–H groups in total. The fourth-order valence-electron chi connectivity index (χ4n) is 2.85. The number of amides is 2. The molecule has 2 amide bonds. The van der Waals surface area contributed by atoms with E-state index >= 15 is 0 Å². The van der Waals surface area contributed by atoms with Crippen molar-refractivity contribution < 1.29 is 14.3 Å². The van der Waals surface area contributed by atoms with Gasteiger partial charge in [0.1, 0.15) is 11.9 Å². The molecule has 1 heterocycles. The third-order valence-electron chi connectivity index (χ3n) is 4.11. The van der Waals surface area contributed by atoms with Gasteiger partial charge in [-0.1, -0.05) is 17.7 Å². The maximum absolute atomic E-state index is 12.3. The Kier molecular flexibility index (Phi) is 6.71. The number of benzene rings is 1. The quantitative estimate of drug-likeness (QED) is 0.877. The number of methoxy groups -OCH3 is 1. The molecule has 2 rings (SSSR count). The Morgan fingerprint density at radius 3 is 2.83 bits per heavy atom. The lowest BCUT2D eigenvalue weighted by atomic mass is 9.99. The first-order valence-electron chi connectivity index (χ1n) is 8.33. The number of piperidine rings is 1. The summed E-state index contributed by atoms with van der Waals surface area (Å²) in [5.74, 6) is 1.27. The van der Waals surface area contributed by atoms with E-state index in [0.717, 1.165) is 38.3 Å². The Labute approximate surface area is 139 Å². The zero-order chi connectivity index (χ0) is 16.7. The molecule has 5 heteroatoms. The van der Waals surface area contributed by atoms with E-state index in [1.165, 1.54) is 5.56 Å². The largest absolute Gasteiger partial charge is 0.489 e. The summed E-state index contributed by atoms with van der Waals surface area (Å²) < 4.78 is 11.0. The van der Waals surface area contributed by atoms with E-state index in [1.807, 2.05) is 43.0 Å². The highest BCUT2D eigenvalue weighted by Crippen LogP contribution is 2.17. The van der Waals surface area contributed by atoms with Gasteiger partial charge in [0.15, 0.2) is 0 Å². The van der Waals surface area contributed by atoms with Crippen molar-refractivity contribution in [3.8, 4) is 5.75 Å². The van der Waals surface area contributed by atoms with E-state index in [0.29, 0.717) is 12.5 Å². The van der Waals surface area contributed by atoms with Gasteiger partial charge in [0.2, 0.25) is 0 Å². The summed E-state index contributed by atoms with van der Waals surface area (Å²) in [4.78, 5) is 14.1. The van der Waals surface area contributed by atoms with Crippen LogP contribution in [-0.4, -0.2) is 50.4 Å². The van der Waals surface area contributed by atoms with Gasteiger partial charge >= 0.3 is 6.03 Å². The highest BCUT2D eigenvalue weighted by atomic mass is 16.5. The zero-order valence-corrected chi connectivity index (χ0v) is 14.4. The van der Waals surface area contributed by atoms with Gasteiger partial charge in [-0.3, -0.25) is 0 Å². The van der Waals surface area contributed by atoms with Crippen molar-refractivity contribution in [1.82, 2.24) is 10.2 Å². The SMILES string of the molecule is COC[C@@H]1CCCN(C(=O)NC[C@H](C)Oc2ccc(C)cc2)C1. The van der Waals surface area contributed by atoms with E-state index in [-0.39, 0.29) is 12.1 Å². The minimum Gasteiger partial charge on any atom is -0.489 e. The lowest BCUT2D eigenvalue weighted by molar-refractivity contribution is 0.0992. The molecule has 0 unspecified atom stereocenters. The minimum absolute atomic E-state index is 0.00911. The Hall–Kier alpha value is -1.75. The molecular weight excluding hydrogens is 292 g/mol. The summed E-state index contributed by atoms with van der Waals surface area (Å²) in [5.41, 5.74) is 1.20. The molecule has 128 valence electrons. The number of nitrogens with one attached hydrogen (secondary N) is 1. The van der Waals surface area contributed by atoms with E-state index < -0.39 is 0 Å². The van der Waals surface area contributed by atoms with Crippen LogP contribution in [0, 0.1) is 12.8 Å². The highest BCUT2D eigenvalue weighted by molar-refractivity contribution is 5.74. The smallest absolute Gasteiger partial charge is 0.317 e. The predicted molar refractivity (Wildman–Crippen MR) is 90.8 cm³/mol. The van der Waals surface area contributed by atoms with Crippen molar-refractivity contribution in [2.24, 2.45) is 5.92 Å². The molecule has 2 atom stereocenters. The maximum atomic E-state index is 12.3. The summed E-state index contributed by atoms with van der Waals surface area (Å²) in [6.07, 6.45) is 2.10. The van der Waals surface area contributed by atoms with Crippen molar-refractivity contribution in [3.63, 3.8) is 0 Å². The molecule has 0 aliphatic carbocycles. The number of urea groups is 1. The Morgan fingerprint density at radius 2 is 2.13 bits per heavy atom. The number of nitrogens with zero attached hydrogens (tertiary/aromatic N) is 1. The number of carbonyl (C=O) groups excluding carboxylic acids is 1. The fourth-order valence-corrected chi connectivity index (χ4v) is 2.85. The molecule has 23 heavy (non-hydrogen) atoms. The first-order chi connectivity index (χ1) is 11.1. The van der Waals surface area contributed by atoms with Crippen LogP contribution in [0.25, 0.3) is 0 Å². The summed E-state index contributed by atoms with van der Waals surface area (Å²) in [7, 11) is 1.71. The third-order valence-corrected chi connectivity index (χ3v) is 4.11. The van der Waals surface area contributed by atoms with Crippen LogP contribution in [0.3, 0.4) is 0 Å². The molecule has 1 aliphatic rings. The van der Waals surface area contributed by atoms with Crippen LogP contribution in [0.1, 0.15) is 25.3 Å². The molecule has 0 radical (unpaired) electrons. The minimum atomic E-state index is -0.0683. The summed E-state index contributed by atoms with van der Waals surface area (Å²) in [6, 6.07) is 7.93. The summed E-state index contributed by atoms with van der Waals surface area (Å²) in [6.45, 7) is 6.81.